The third kappa shape index (κ3) is 3.12. The highest BCUT2D eigenvalue weighted by molar-refractivity contribution is 5.72. The number of para-hydroxylation sites is 1. The zero-order valence-corrected chi connectivity index (χ0v) is 11.8. The minimum atomic E-state index is -0.811. The quantitative estimate of drug-likeness (QED) is 0.766. The molecule has 2 aromatic heterocycles. The highest BCUT2D eigenvalue weighted by Gasteiger charge is 2.10. The number of aliphatic hydroxyl groups excluding tert-OH is 1. The maximum Gasteiger partial charge on any atom is 0.262 e. The van der Waals surface area contributed by atoms with Gasteiger partial charge in [0.15, 0.2) is 5.65 Å². The molecule has 1 N–H and O–H groups in total. The zero-order valence-electron chi connectivity index (χ0n) is 11.8. The minimum Gasteiger partial charge on any atom is -0.491 e. The van der Waals surface area contributed by atoms with E-state index in [0.29, 0.717) is 16.8 Å². The lowest BCUT2D eigenvalue weighted by Gasteiger charge is -2.13. The fourth-order valence-corrected chi connectivity index (χ4v) is 2.12. The Morgan fingerprint density at radius 1 is 1.14 bits per heavy atom. The molecule has 112 valence electrons. The number of hydrogen-bond acceptors (Lipinski definition) is 5. The first-order valence-corrected chi connectivity index (χ1v) is 6.90. The summed E-state index contributed by atoms with van der Waals surface area (Å²) in [6.45, 7) is 0.213. The Bertz CT molecular complexity index is 817. The van der Waals surface area contributed by atoms with E-state index in [1.165, 1.54) is 10.9 Å². The van der Waals surface area contributed by atoms with Gasteiger partial charge in [-0.1, -0.05) is 18.2 Å². The van der Waals surface area contributed by atoms with Gasteiger partial charge in [-0.25, -0.2) is 9.97 Å². The van der Waals surface area contributed by atoms with Crippen LogP contribution in [0.2, 0.25) is 0 Å². The van der Waals surface area contributed by atoms with Crippen LogP contribution in [0.3, 0.4) is 0 Å². The number of nitrogens with zero attached hydrogens (tertiary/aromatic N) is 3. The van der Waals surface area contributed by atoms with Crippen LogP contribution in [0.25, 0.3) is 11.0 Å². The number of pyridine rings is 1. The predicted octanol–water partition coefficient (Wildman–Crippen LogP) is 1.23. The van der Waals surface area contributed by atoms with Gasteiger partial charge in [-0.3, -0.25) is 9.36 Å². The number of aliphatic hydroxyl groups is 1. The number of rotatable bonds is 5. The Morgan fingerprint density at radius 3 is 2.77 bits per heavy atom. The van der Waals surface area contributed by atoms with Crippen LogP contribution in [0.15, 0.2) is 59.8 Å². The van der Waals surface area contributed by atoms with Crippen molar-refractivity contribution in [3.05, 3.63) is 65.3 Å². The summed E-state index contributed by atoms with van der Waals surface area (Å²) in [5.41, 5.74) is 0.177. The van der Waals surface area contributed by atoms with Crippen LogP contribution in [0.1, 0.15) is 0 Å². The number of aromatic nitrogens is 3. The molecule has 0 spiro atoms. The molecule has 22 heavy (non-hydrogen) atoms. The van der Waals surface area contributed by atoms with E-state index in [0.717, 1.165) is 0 Å². The van der Waals surface area contributed by atoms with Crippen molar-refractivity contribution >= 4 is 11.0 Å². The summed E-state index contributed by atoms with van der Waals surface area (Å²) >= 11 is 0. The van der Waals surface area contributed by atoms with Gasteiger partial charge in [0.05, 0.1) is 11.9 Å². The zero-order chi connectivity index (χ0) is 15.4. The molecule has 6 nitrogen and oxygen atoms in total. The maximum atomic E-state index is 12.3. The maximum absolute atomic E-state index is 12.3. The van der Waals surface area contributed by atoms with E-state index >= 15 is 0 Å². The van der Waals surface area contributed by atoms with Crippen molar-refractivity contribution in [3.8, 4) is 5.75 Å². The SMILES string of the molecule is O=c1c2cccnc2ncn1C[C@@H](O)COc1ccccc1. The Kier molecular flexibility index (Phi) is 4.11. The van der Waals surface area contributed by atoms with E-state index in [9.17, 15) is 9.90 Å². The smallest absolute Gasteiger partial charge is 0.262 e. The summed E-state index contributed by atoms with van der Waals surface area (Å²) in [7, 11) is 0. The number of hydrogen-bond donors (Lipinski definition) is 1. The van der Waals surface area contributed by atoms with Crippen molar-refractivity contribution in [1.82, 2.24) is 14.5 Å². The standard InChI is InChI=1S/C16H15N3O3/c20-12(10-22-13-5-2-1-3-6-13)9-19-11-18-15-14(16(19)21)7-4-8-17-15/h1-8,11-12,20H,9-10H2/t12-/m1/s1. The number of fused-ring (bicyclic) bond motifs is 1. The topological polar surface area (TPSA) is 77.2 Å². The largest absolute Gasteiger partial charge is 0.491 e. The lowest BCUT2D eigenvalue weighted by molar-refractivity contribution is 0.0915. The van der Waals surface area contributed by atoms with Crippen LogP contribution in [0, 0.1) is 0 Å². The van der Waals surface area contributed by atoms with E-state index in [1.807, 2.05) is 30.3 Å². The first-order valence-electron chi connectivity index (χ1n) is 6.90. The molecule has 0 aliphatic heterocycles. The minimum absolute atomic E-state index is 0.0987. The van der Waals surface area contributed by atoms with Crippen LogP contribution in [-0.4, -0.2) is 32.4 Å². The molecule has 0 saturated carbocycles. The predicted molar refractivity (Wildman–Crippen MR) is 81.7 cm³/mol. The highest BCUT2D eigenvalue weighted by atomic mass is 16.5. The van der Waals surface area contributed by atoms with Crippen molar-refractivity contribution in [2.24, 2.45) is 0 Å². The van der Waals surface area contributed by atoms with Gasteiger partial charge in [-0.2, -0.15) is 0 Å². The molecule has 0 amide bonds. The van der Waals surface area contributed by atoms with Crippen LogP contribution in [0.5, 0.6) is 5.75 Å². The number of ether oxygens (including phenoxy) is 1. The second-order valence-corrected chi connectivity index (χ2v) is 4.85. The fourth-order valence-electron chi connectivity index (χ4n) is 2.12. The molecule has 0 saturated heterocycles. The van der Waals surface area contributed by atoms with Crippen molar-refractivity contribution in [2.75, 3.05) is 6.61 Å². The third-order valence-electron chi connectivity index (χ3n) is 3.19. The number of benzene rings is 1. The average Bonchev–Trinajstić information content (AvgIpc) is 2.57. The summed E-state index contributed by atoms with van der Waals surface area (Å²) in [5, 5.41) is 10.5. The molecule has 0 aliphatic carbocycles. The molecule has 0 unspecified atom stereocenters. The lowest BCUT2D eigenvalue weighted by atomic mass is 10.3. The summed E-state index contributed by atoms with van der Waals surface area (Å²) in [6, 6.07) is 12.6. The van der Waals surface area contributed by atoms with Crippen LogP contribution >= 0.6 is 0 Å². The molecule has 3 rings (SSSR count). The Balaban J connectivity index is 1.70. The summed E-state index contributed by atoms with van der Waals surface area (Å²) in [5.74, 6) is 0.676. The summed E-state index contributed by atoms with van der Waals surface area (Å²) in [6.07, 6.45) is 2.17. The van der Waals surface area contributed by atoms with Gasteiger partial charge in [0.1, 0.15) is 24.8 Å². The molecule has 6 heteroatoms. The average molecular weight is 297 g/mol. The molecule has 0 fully saturated rings. The molecular weight excluding hydrogens is 282 g/mol. The van der Waals surface area contributed by atoms with E-state index in [4.69, 9.17) is 4.74 Å². The first-order chi connectivity index (χ1) is 10.7. The molecule has 1 aromatic carbocycles. The fraction of sp³-hybridized carbons (Fsp3) is 0.188. The molecule has 2 heterocycles. The molecule has 1 atom stereocenters. The second kappa shape index (κ2) is 6.36. The van der Waals surface area contributed by atoms with Crippen molar-refractivity contribution < 1.29 is 9.84 Å². The van der Waals surface area contributed by atoms with Gasteiger partial charge in [0.2, 0.25) is 0 Å². The van der Waals surface area contributed by atoms with E-state index in [2.05, 4.69) is 9.97 Å². The van der Waals surface area contributed by atoms with E-state index in [1.54, 1.807) is 18.3 Å². The Labute approximate surface area is 126 Å². The van der Waals surface area contributed by atoms with Crippen molar-refractivity contribution in [3.63, 3.8) is 0 Å². The van der Waals surface area contributed by atoms with Gasteiger partial charge in [0, 0.05) is 6.20 Å². The second-order valence-electron chi connectivity index (χ2n) is 4.85. The summed E-state index contributed by atoms with van der Waals surface area (Å²) in [4.78, 5) is 20.4. The van der Waals surface area contributed by atoms with Gasteiger partial charge in [-0.15, -0.1) is 0 Å². The van der Waals surface area contributed by atoms with Gasteiger partial charge >= 0.3 is 0 Å². The van der Waals surface area contributed by atoms with Crippen LogP contribution < -0.4 is 10.3 Å². The van der Waals surface area contributed by atoms with Crippen molar-refractivity contribution in [2.45, 2.75) is 12.6 Å². The molecule has 0 bridgehead atoms. The van der Waals surface area contributed by atoms with Crippen LogP contribution in [0.4, 0.5) is 0 Å². The Hall–Kier alpha value is -2.73. The van der Waals surface area contributed by atoms with Crippen LogP contribution in [-0.2, 0) is 6.54 Å². The molecular formula is C16H15N3O3. The summed E-state index contributed by atoms with van der Waals surface area (Å²) < 4.78 is 6.83. The molecule has 0 radical (unpaired) electrons. The lowest BCUT2D eigenvalue weighted by Crippen LogP contribution is -2.30. The normalized spacial score (nSPS) is 12.2. The monoisotopic (exact) mass is 297 g/mol. The van der Waals surface area contributed by atoms with E-state index < -0.39 is 6.10 Å². The van der Waals surface area contributed by atoms with Crippen molar-refractivity contribution in [1.29, 1.82) is 0 Å². The van der Waals surface area contributed by atoms with E-state index in [-0.39, 0.29) is 18.7 Å². The Morgan fingerprint density at radius 2 is 1.95 bits per heavy atom. The van der Waals surface area contributed by atoms with Gasteiger partial charge in [0.25, 0.3) is 5.56 Å². The van der Waals surface area contributed by atoms with Gasteiger partial charge < -0.3 is 9.84 Å². The first kappa shape index (κ1) is 14.2. The molecule has 0 aliphatic rings. The third-order valence-corrected chi connectivity index (χ3v) is 3.19. The molecule has 3 aromatic rings. The van der Waals surface area contributed by atoms with Gasteiger partial charge in [-0.05, 0) is 24.3 Å². The highest BCUT2D eigenvalue weighted by Crippen LogP contribution is 2.09.